The summed E-state index contributed by atoms with van der Waals surface area (Å²) in [5, 5.41) is 0. The van der Waals surface area contributed by atoms with Gasteiger partial charge in [0.05, 0.1) is 13.1 Å². The summed E-state index contributed by atoms with van der Waals surface area (Å²) in [4.78, 5) is 41.9. The first-order valence-corrected chi connectivity index (χ1v) is 9.92. The molecule has 26 heavy (non-hydrogen) atoms. The number of ether oxygens (including phenoxy) is 1. The Labute approximate surface area is 155 Å². The van der Waals surface area contributed by atoms with Crippen molar-refractivity contribution in [1.82, 2.24) is 14.7 Å². The van der Waals surface area contributed by atoms with E-state index >= 15 is 0 Å². The molecule has 0 saturated carbocycles. The van der Waals surface area contributed by atoms with Crippen molar-refractivity contribution in [3.05, 3.63) is 0 Å². The second-order valence-electron chi connectivity index (χ2n) is 8.31. The van der Waals surface area contributed by atoms with Gasteiger partial charge in [-0.3, -0.25) is 9.59 Å². The SMILES string of the molecule is CC(C)CCN1CC2(CCN(C(=O)CN3CCCCC3=O)CC2)OC1=O. The van der Waals surface area contributed by atoms with Crippen LogP contribution in [0, 0.1) is 5.92 Å². The fourth-order valence-electron chi connectivity index (χ4n) is 3.99. The Hall–Kier alpha value is -1.79. The van der Waals surface area contributed by atoms with Crippen molar-refractivity contribution in [3.63, 3.8) is 0 Å². The van der Waals surface area contributed by atoms with Crippen LogP contribution in [0.4, 0.5) is 4.79 Å². The molecular weight excluding hydrogens is 334 g/mol. The Bertz CT molecular complexity index is 555. The minimum absolute atomic E-state index is 0.0103. The standard InChI is InChI=1S/C19H31N3O4/c1-15(2)6-10-22-14-19(26-18(22)25)7-11-20(12-8-19)17(24)13-21-9-4-3-5-16(21)23/h15H,3-14H2,1-2H3. The first-order valence-electron chi connectivity index (χ1n) is 9.92. The molecule has 0 N–H and O–H groups in total. The highest BCUT2D eigenvalue weighted by atomic mass is 16.6. The van der Waals surface area contributed by atoms with Crippen LogP contribution in [-0.4, -0.2) is 77.5 Å². The molecule has 7 nitrogen and oxygen atoms in total. The number of piperidine rings is 2. The van der Waals surface area contributed by atoms with Crippen LogP contribution in [0.3, 0.4) is 0 Å². The fraction of sp³-hybridized carbons (Fsp3) is 0.842. The molecule has 3 aliphatic rings. The monoisotopic (exact) mass is 365 g/mol. The van der Waals surface area contributed by atoms with E-state index in [4.69, 9.17) is 4.74 Å². The molecular formula is C19H31N3O4. The highest BCUT2D eigenvalue weighted by molar-refractivity contribution is 5.85. The molecule has 0 unspecified atom stereocenters. The van der Waals surface area contributed by atoms with Crippen molar-refractivity contribution < 1.29 is 19.1 Å². The molecule has 3 heterocycles. The summed E-state index contributed by atoms with van der Waals surface area (Å²) >= 11 is 0. The number of rotatable bonds is 5. The molecule has 3 rings (SSSR count). The number of carbonyl (C=O) groups excluding carboxylic acids is 3. The lowest BCUT2D eigenvalue weighted by Crippen LogP contribution is -2.51. The maximum absolute atomic E-state index is 12.5. The van der Waals surface area contributed by atoms with Gasteiger partial charge in [0.25, 0.3) is 0 Å². The molecule has 0 aliphatic carbocycles. The average Bonchev–Trinajstić information content (AvgIpc) is 2.91. The molecule has 7 heteroatoms. The van der Waals surface area contributed by atoms with Gasteiger partial charge in [0.15, 0.2) is 0 Å². The van der Waals surface area contributed by atoms with Crippen LogP contribution in [0.5, 0.6) is 0 Å². The molecule has 0 radical (unpaired) electrons. The van der Waals surface area contributed by atoms with E-state index < -0.39 is 5.60 Å². The van der Waals surface area contributed by atoms with E-state index in [1.165, 1.54) is 0 Å². The van der Waals surface area contributed by atoms with Gasteiger partial charge in [0.1, 0.15) is 5.60 Å². The fourth-order valence-corrected chi connectivity index (χ4v) is 3.99. The zero-order valence-electron chi connectivity index (χ0n) is 16.0. The number of hydrogen-bond donors (Lipinski definition) is 0. The molecule has 1 spiro atoms. The van der Waals surface area contributed by atoms with Gasteiger partial charge in [0, 0.05) is 45.4 Å². The molecule has 0 aromatic carbocycles. The van der Waals surface area contributed by atoms with Crippen molar-refractivity contribution in [1.29, 1.82) is 0 Å². The lowest BCUT2D eigenvalue weighted by molar-refractivity contribution is -0.143. The van der Waals surface area contributed by atoms with Crippen LogP contribution in [0.2, 0.25) is 0 Å². The predicted molar refractivity (Wildman–Crippen MR) is 96.5 cm³/mol. The van der Waals surface area contributed by atoms with Gasteiger partial charge in [0.2, 0.25) is 11.8 Å². The topological polar surface area (TPSA) is 70.2 Å². The third kappa shape index (κ3) is 4.30. The lowest BCUT2D eigenvalue weighted by atomic mass is 9.91. The molecule has 146 valence electrons. The minimum Gasteiger partial charge on any atom is -0.441 e. The summed E-state index contributed by atoms with van der Waals surface area (Å²) in [6, 6.07) is 0. The van der Waals surface area contributed by atoms with E-state index in [2.05, 4.69) is 13.8 Å². The zero-order valence-corrected chi connectivity index (χ0v) is 16.0. The number of nitrogens with zero attached hydrogens (tertiary/aromatic N) is 3. The van der Waals surface area contributed by atoms with Crippen LogP contribution in [0.1, 0.15) is 52.4 Å². The summed E-state index contributed by atoms with van der Waals surface area (Å²) in [6.07, 6.45) is 4.56. The smallest absolute Gasteiger partial charge is 0.410 e. The number of carbonyl (C=O) groups is 3. The largest absolute Gasteiger partial charge is 0.441 e. The van der Waals surface area contributed by atoms with Gasteiger partial charge in [-0.25, -0.2) is 4.79 Å². The van der Waals surface area contributed by atoms with Gasteiger partial charge in [-0.05, 0) is 25.2 Å². The molecule has 3 saturated heterocycles. The summed E-state index contributed by atoms with van der Waals surface area (Å²) in [5.41, 5.74) is -0.439. The van der Waals surface area contributed by atoms with E-state index in [1.54, 1.807) is 4.90 Å². The Balaban J connectivity index is 1.48. The second kappa shape index (κ2) is 7.84. The Kier molecular flexibility index (Phi) is 5.73. The van der Waals surface area contributed by atoms with Crippen LogP contribution < -0.4 is 0 Å². The van der Waals surface area contributed by atoms with Gasteiger partial charge in [-0.2, -0.15) is 0 Å². The molecule has 0 aromatic rings. The van der Waals surface area contributed by atoms with Crippen molar-refractivity contribution in [2.75, 3.05) is 39.3 Å². The van der Waals surface area contributed by atoms with Crippen LogP contribution in [0.25, 0.3) is 0 Å². The maximum Gasteiger partial charge on any atom is 0.410 e. The summed E-state index contributed by atoms with van der Waals surface area (Å²) in [6.45, 7) is 7.71. The maximum atomic E-state index is 12.5. The second-order valence-corrected chi connectivity index (χ2v) is 8.31. The first kappa shape index (κ1) is 19.0. The first-order chi connectivity index (χ1) is 12.4. The molecule has 3 aliphatic heterocycles. The summed E-state index contributed by atoms with van der Waals surface area (Å²) in [5.74, 6) is 0.649. The van der Waals surface area contributed by atoms with Crippen LogP contribution in [-0.2, 0) is 14.3 Å². The van der Waals surface area contributed by atoms with Crippen LogP contribution >= 0.6 is 0 Å². The Morgan fingerprint density at radius 1 is 1.12 bits per heavy atom. The van der Waals surface area contributed by atoms with E-state index in [0.717, 1.165) is 25.8 Å². The highest BCUT2D eigenvalue weighted by Crippen LogP contribution is 2.33. The minimum atomic E-state index is -0.439. The van der Waals surface area contributed by atoms with E-state index in [-0.39, 0.29) is 24.5 Å². The Morgan fingerprint density at radius 2 is 1.85 bits per heavy atom. The van der Waals surface area contributed by atoms with Crippen LogP contribution in [0.15, 0.2) is 0 Å². The van der Waals surface area contributed by atoms with Gasteiger partial charge in [-0.1, -0.05) is 13.8 Å². The molecule has 3 fully saturated rings. The number of hydrogen-bond acceptors (Lipinski definition) is 4. The molecule has 3 amide bonds. The summed E-state index contributed by atoms with van der Waals surface area (Å²) in [7, 11) is 0. The molecule has 0 aromatic heterocycles. The predicted octanol–water partition coefficient (Wildman–Crippen LogP) is 1.86. The number of likely N-dealkylation sites (tertiary alicyclic amines) is 2. The third-order valence-electron chi connectivity index (χ3n) is 5.79. The van der Waals surface area contributed by atoms with Crippen molar-refractivity contribution in [2.45, 2.75) is 58.0 Å². The van der Waals surface area contributed by atoms with Crippen molar-refractivity contribution in [3.8, 4) is 0 Å². The number of amides is 3. The van der Waals surface area contributed by atoms with E-state index in [1.807, 2.05) is 9.80 Å². The van der Waals surface area contributed by atoms with E-state index in [9.17, 15) is 14.4 Å². The average molecular weight is 365 g/mol. The normalized spacial score (nSPS) is 23.1. The van der Waals surface area contributed by atoms with Crippen molar-refractivity contribution in [2.24, 2.45) is 5.92 Å². The van der Waals surface area contributed by atoms with Gasteiger partial charge in [-0.15, -0.1) is 0 Å². The van der Waals surface area contributed by atoms with Crippen molar-refractivity contribution >= 4 is 17.9 Å². The highest BCUT2D eigenvalue weighted by Gasteiger charge is 2.47. The lowest BCUT2D eigenvalue weighted by Gasteiger charge is -2.38. The van der Waals surface area contributed by atoms with Gasteiger partial charge < -0.3 is 19.4 Å². The molecule has 0 bridgehead atoms. The quantitative estimate of drug-likeness (QED) is 0.746. The Morgan fingerprint density at radius 3 is 2.50 bits per heavy atom. The van der Waals surface area contributed by atoms with Gasteiger partial charge >= 0.3 is 6.09 Å². The zero-order chi connectivity index (χ0) is 18.7. The third-order valence-corrected chi connectivity index (χ3v) is 5.79. The summed E-state index contributed by atoms with van der Waals surface area (Å²) < 4.78 is 5.71. The van der Waals surface area contributed by atoms with E-state index in [0.29, 0.717) is 51.4 Å². The molecule has 0 atom stereocenters.